The first kappa shape index (κ1) is 29.1. The van der Waals surface area contributed by atoms with Crippen molar-refractivity contribution in [3.63, 3.8) is 0 Å². The van der Waals surface area contributed by atoms with Gasteiger partial charge in [-0.05, 0) is 33.0 Å². The summed E-state index contributed by atoms with van der Waals surface area (Å²) >= 11 is 0. The lowest BCUT2D eigenvalue weighted by atomic mass is 9.87. The molecule has 0 N–H and O–H groups in total. The van der Waals surface area contributed by atoms with E-state index in [1.165, 1.54) is 161 Å². The maximum atomic E-state index is 5.81. The molecule has 2 heterocycles. The number of likely N-dealkylation sites (tertiary alicyclic amines) is 1. The third-order valence-corrected chi connectivity index (χ3v) is 8.17. The van der Waals surface area contributed by atoms with Gasteiger partial charge in [-0.15, -0.1) is 0 Å². The van der Waals surface area contributed by atoms with Crippen LogP contribution in [0.15, 0.2) is 0 Å². The molecule has 33 heavy (non-hydrogen) atoms. The van der Waals surface area contributed by atoms with Crippen LogP contribution in [0, 0.1) is 5.41 Å². The van der Waals surface area contributed by atoms with E-state index in [2.05, 4.69) is 23.8 Å². The van der Waals surface area contributed by atoms with E-state index in [0.717, 1.165) is 13.3 Å². The maximum absolute atomic E-state index is 5.81. The number of ether oxygens (including phenoxy) is 1. The molecule has 1 unspecified atom stereocenters. The Bertz CT molecular complexity index is 443. The maximum Gasteiger partial charge on any atom is 0.0988 e. The molecule has 0 radical (unpaired) electrons. The summed E-state index contributed by atoms with van der Waals surface area (Å²) in [7, 11) is 2.20. The molecule has 0 aromatic heterocycles. The Balaban J connectivity index is 1.24. The van der Waals surface area contributed by atoms with E-state index in [1.54, 1.807) is 0 Å². The minimum absolute atomic E-state index is 0.431. The lowest BCUT2D eigenvalue weighted by Gasteiger charge is -2.38. The highest BCUT2D eigenvalue weighted by Crippen LogP contribution is 2.34. The molecule has 0 aromatic rings. The van der Waals surface area contributed by atoms with Crippen molar-refractivity contribution in [3.05, 3.63) is 0 Å². The van der Waals surface area contributed by atoms with E-state index in [4.69, 9.17) is 4.74 Å². The topological polar surface area (TPSA) is 15.7 Å². The van der Waals surface area contributed by atoms with Crippen LogP contribution in [0.25, 0.3) is 0 Å². The molecule has 3 nitrogen and oxygen atoms in total. The smallest absolute Gasteiger partial charge is 0.0988 e. The predicted molar refractivity (Wildman–Crippen MR) is 145 cm³/mol. The van der Waals surface area contributed by atoms with Crippen LogP contribution in [0.4, 0.5) is 0 Å². The number of hydrogen-bond donors (Lipinski definition) is 0. The molecular formula is C30H60N2O. The van der Waals surface area contributed by atoms with E-state index in [1.807, 2.05) is 0 Å². The summed E-state index contributed by atoms with van der Waals surface area (Å²) in [6, 6.07) is 0. The monoisotopic (exact) mass is 464 g/mol. The van der Waals surface area contributed by atoms with Gasteiger partial charge in [-0.25, -0.2) is 0 Å². The van der Waals surface area contributed by atoms with Crippen LogP contribution in [0.1, 0.15) is 142 Å². The fourth-order valence-corrected chi connectivity index (χ4v) is 6.14. The van der Waals surface area contributed by atoms with Crippen molar-refractivity contribution in [2.24, 2.45) is 5.41 Å². The van der Waals surface area contributed by atoms with Crippen LogP contribution in [0.2, 0.25) is 0 Å². The van der Waals surface area contributed by atoms with E-state index in [-0.39, 0.29) is 0 Å². The number of rotatable bonds is 21. The summed E-state index contributed by atoms with van der Waals surface area (Å²) in [5.41, 5.74) is 0.431. The molecule has 0 amide bonds. The van der Waals surface area contributed by atoms with E-state index in [9.17, 15) is 0 Å². The van der Waals surface area contributed by atoms with Gasteiger partial charge in [0.05, 0.1) is 13.3 Å². The zero-order chi connectivity index (χ0) is 23.5. The van der Waals surface area contributed by atoms with Gasteiger partial charge in [0.2, 0.25) is 0 Å². The Morgan fingerprint density at radius 2 is 1.06 bits per heavy atom. The molecule has 2 fully saturated rings. The fraction of sp³-hybridized carbons (Fsp3) is 1.00. The third-order valence-electron chi connectivity index (χ3n) is 8.17. The highest BCUT2D eigenvalue weighted by molar-refractivity contribution is 4.93. The van der Waals surface area contributed by atoms with Gasteiger partial charge in [0.15, 0.2) is 0 Å². The molecule has 3 heteroatoms. The molecule has 2 aliphatic heterocycles. The van der Waals surface area contributed by atoms with Crippen molar-refractivity contribution >= 4 is 0 Å². The molecule has 1 spiro atoms. The van der Waals surface area contributed by atoms with Crippen molar-refractivity contribution < 1.29 is 4.74 Å². The largest absolute Gasteiger partial charge is 0.365 e. The summed E-state index contributed by atoms with van der Waals surface area (Å²) in [5.74, 6) is 0. The molecule has 2 rings (SSSR count). The van der Waals surface area contributed by atoms with Gasteiger partial charge >= 0.3 is 0 Å². The third kappa shape index (κ3) is 14.1. The van der Waals surface area contributed by atoms with Crippen molar-refractivity contribution in [1.29, 1.82) is 0 Å². The van der Waals surface area contributed by atoms with Crippen LogP contribution in [-0.2, 0) is 4.74 Å². The van der Waals surface area contributed by atoms with Crippen LogP contribution < -0.4 is 0 Å². The predicted octanol–water partition coefficient (Wildman–Crippen LogP) is 8.42. The Morgan fingerprint density at radius 3 is 1.52 bits per heavy atom. The Labute approximate surface area is 208 Å². The number of hydrogen-bond acceptors (Lipinski definition) is 3. The SMILES string of the molecule is CCCCCCCCCCCCCCCCCCCCCCN1CCC2(COCN(C)C2)C1. The quantitative estimate of drug-likeness (QED) is 0.159. The zero-order valence-corrected chi connectivity index (χ0v) is 22.9. The second-order valence-corrected chi connectivity index (χ2v) is 11.7. The minimum Gasteiger partial charge on any atom is -0.365 e. The van der Waals surface area contributed by atoms with Crippen molar-refractivity contribution in [1.82, 2.24) is 9.80 Å². The highest BCUT2D eigenvalue weighted by Gasteiger charge is 2.40. The highest BCUT2D eigenvalue weighted by atomic mass is 16.5. The second-order valence-electron chi connectivity index (χ2n) is 11.7. The Morgan fingerprint density at radius 1 is 0.606 bits per heavy atom. The van der Waals surface area contributed by atoms with Crippen molar-refractivity contribution in [2.75, 3.05) is 46.6 Å². The standard InChI is InChI=1S/C30H60N2O/c1-3-4-5-6-7-8-9-10-11-12-13-14-15-16-17-18-19-20-21-22-24-32-25-23-30(27-32)26-31(2)29-33-28-30/h3-29H2,1-2H3. The van der Waals surface area contributed by atoms with Crippen molar-refractivity contribution in [3.8, 4) is 0 Å². The molecule has 1 atom stereocenters. The Hall–Kier alpha value is -0.120. The summed E-state index contributed by atoms with van der Waals surface area (Å²) in [4.78, 5) is 5.06. The summed E-state index contributed by atoms with van der Waals surface area (Å²) in [6.45, 7) is 9.19. The second kappa shape index (κ2) is 19.1. The first-order valence-corrected chi connectivity index (χ1v) is 15.2. The molecular weight excluding hydrogens is 404 g/mol. The first-order chi connectivity index (χ1) is 16.2. The molecule has 0 aliphatic carbocycles. The molecule has 2 aliphatic rings. The van der Waals surface area contributed by atoms with Crippen LogP contribution in [0.3, 0.4) is 0 Å². The molecule has 2 saturated heterocycles. The summed E-state index contributed by atoms with van der Waals surface area (Å²) in [6.07, 6.45) is 30.6. The number of nitrogens with zero attached hydrogens (tertiary/aromatic N) is 2. The molecule has 0 bridgehead atoms. The average molecular weight is 465 g/mol. The van der Waals surface area contributed by atoms with Crippen LogP contribution >= 0.6 is 0 Å². The van der Waals surface area contributed by atoms with Gasteiger partial charge in [-0.3, -0.25) is 4.90 Å². The van der Waals surface area contributed by atoms with Gasteiger partial charge in [-0.2, -0.15) is 0 Å². The minimum atomic E-state index is 0.431. The van der Waals surface area contributed by atoms with Gasteiger partial charge in [-0.1, -0.05) is 129 Å². The van der Waals surface area contributed by atoms with Gasteiger partial charge in [0.25, 0.3) is 0 Å². The molecule has 0 aromatic carbocycles. The van der Waals surface area contributed by atoms with Crippen LogP contribution in [0.5, 0.6) is 0 Å². The molecule has 0 saturated carbocycles. The van der Waals surface area contributed by atoms with E-state index < -0.39 is 0 Å². The summed E-state index contributed by atoms with van der Waals surface area (Å²) in [5, 5.41) is 0. The first-order valence-electron chi connectivity index (χ1n) is 15.2. The lowest BCUT2D eigenvalue weighted by Crippen LogP contribution is -2.47. The van der Waals surface area contributed by atoms with E-state index in [0.29, 0.717) is 5.41 Å². The van der Waals surface area contributed by atoms with Gasteiger partial charge in [0.1, 0.15) is 0 Å². The van der Waals surface area contributed by atoms with Crippen LogP contribution in [-0.4, -0.2) is 56.4 Å². The van der Waals surface area contributed by atoms with Gasteiger partial charge in [0, 0.05) is 18.5 Å². The zero-order valence-electron chi connectivity index (χ0n) is 22.9. The van der Waals surface area contributed by atoms with Gasteiger partial charge < -0.3 is 9.64 Å². The van der Waals surface area contributed by atoms with Crippen molar-refractivity contribution in [2.45, 2.75) is 142 Å². The summed E-state index contributed by atoms with van der Waals surface area (Å²) < 4.78 is 5.81. The Kier molecular flexibility index (Phi) is 16.9. The average Bonchev–Trinajstić information content (AvgIpc) is 3.19. The number of unbranched alkanes of at least 4 members (excludes halogenated alkanes) is 19. The molecule has 196 valence electrons. The van der Waals surface area contributed by atoms with E-state index >= 15 is 0 Å². The normalized spacial score (nSPS) is 22.0. The fourth-order valence-electron chi connectivity index (χ4n) is 6.14. The lowest BCUT2D eigenvalue weighted by molar-refractivity contribution is -0.0763.